The highest BCUT2D eigenvalue weighted by atomic mass is 16.5. The van der Waals surface area contributed by atoms with Gasteiger partial charge in [0.05, 0.1) is 12.6 Å². The van der Waals surface area contributed by atoms with Crippen molar-refractivity contribution in [2.24, 2.45) is 5.41 Å². The normalized spacial score (nSPS) is 30.7. The van der Waals surface area contributed by atoms with Crippen LogP contribution in [-0.4, -0.2) is 23.5 Å². The smallest absolute Gasteiger partial charge is 0.230 e. The first-order chi connectivity index (χ1) is 8.09. The number of carbonyl (C=O) groups excluding carboxylic acids is 1. The van der Waals surface area contributed by atoms with Crippen LogP contribution < -0.4 is 0 Å². The zero-order valence-electron chi connectivity index (χ0n) is 10.2. The van der Waals surface area contributed by atoms with Gasteiger partial charge in [0.1, 0.15) is 0 Å². The molecule has 0 N–H and O–H groups in total. The number of rotatable bonds is 1. The highest BCUT2D eigenvalue weighted by molar-refractivity contribution is 5.85. The van der Waals surface area contributed by atoms with Crippen LogP contribution in [0.4, 0.5) is 0 Å². The zero-order chi connectivity index (χ0) is 12.0. The van der Waals surface area contributed by atoms with Crippen molar-refractivity contribution in [2.45, 2.75) is 32.5 Å². The summed E-state index contributed by atoms with van der Waals surface area (Å²) in [5, 5.41) is 0. The Morgan fingerprint density at radius 1 is 1.29 bits per heavy atom. The lowest BCUT2D eigenvalue weighted by Crippen LogP contribution is -2.34. The van der Waals surface area contributed by atoms with Crippen LogP contribution in [0.25, 0.3) is 0 Å². The standard InChI is InChI=1S/C14H17NO2/c1-14(2)8-11-9-17-12(15(11)13(14)16)10-6-4-3-5-7-10/h3-7,11-12H,8-9H2,1-2H3/t11-,12+/m0/s1. The van der Waals surface area contributed by atoms with Gasteiger partial charge in [0.25, 0.3) is 0 Å². The highest BCUT2D eigenvalue weighted by Crippen LogP contribution is 2.44. The molecule has 3 heteroatoms. The molecule has 1 aromatic rings. The lowest BCUT2D eigenvalue weighted by molar-refractivity contribution is -0.141. The fraction of sp³-hybridized carbons (Fsp3) is 0.500. The van der Waals surface area contributed by atoms with E-state index in [4.69, 9.17) is 4.74 Å². The van der Waals surface area contributed by atoms with Crippen LogP contribution in [0.1, 0.15) is 32.1 Å². The summed E-state index contributed by atoms with van der Waals surface area (Å²) in [5.41, 5.74) is 0.836. The molecule has 3 nitrogen and oxygen atoms in total. The Morgan fingerprint density at radius 3 is 2.71 bits per heavy atom. The number of fused-ring (bicyclic) bond motifs is 1. The molecule has 0 aromatic heterocycles. The Kier molecular flexibility index (Phi) is 2.26. The third-order valence-electron chi connectivity index (χ3n) is 3.74. The van der Waals surface area contributed by atoms with Gasteiger partial charge >= 0.3 is 0 Å². The molecule has 2 aliphatic heterocycles. The summed E-state index contributed by atoms with van der Waals surface area (Å²) >= 11 is 0. The van der Waals surface area contributed by atoms with Gasteiger partial charge in [-0.15, -0.1) is 0 Å². The quantitative estimate of drug-likeness (QED) is 0.742. The molecule has 2 heterocycles. The number of amides is 1. The Bertz CT molecular complexity index is 441. The lowest BCUT2D eigenvalue weighted by atomic mass is 9.90. The second-order valence-corrected chi connectivity index (χ2v) is 5.55. The summed E-state index contributed by atoms with van der Waals surface area (Å²) in [4.78, 5) is 14.3. The van der Waals surface area contributed by atoms with E-state index in [0.29, 0.717) is 6.61 Å². The van der Waals surface area contributed by atoms with E-state index in [0.717, 1.165) is 12.0 Å². The third kappa shape index (κ3) is 1.57. The average Bonchev–Trinajstić information content (AvgIpc) is 2.80. The monoisotopic (exact) mass is 231 g/mol. The molecule has 0 bridgehead atoms. The van der Waals surface area contributed by atoms with E-state index < -0.39 is 0 Å². The number of benzene rings is 1. The summed E-state index contributed by atoms with van der Waals surface area (Å²) in [6, 6.07) is 10.2. The van der Waals surface area contributed by atoms with Gasteiger partial charge in [-0.05, 0) is 6.42 Å². The molecule has 1 aromatic carbocycles. The Hall–Kier alpha value is -1.35. The summed E-state index contributed by atoms with van der Waals surface area (Å²) in [7, 11) is 0. The number of nitrogens with zero attached hydrogens (tertiary/aromatic N) is 1. The molecule has 0 saturated carbocycles. The van der Waals surface area contributed by atoms with Crippen molar-refractivity contribution in [1.29, 1.82) is 0 Å². The first kappa shape index (κ1) is 10.8. The second kappa shape index (κ2) is 3.57. The van der Waals surface area contributed by atoms with Crippen molar-refractivity contribution < 1.29 is 9.53 Å². The average molecular weight is 231 g/mol. The molecule has 2 atom stereocenters. The predicted octanol–water partition coefficient (Wildman–Crippen LogP) is 2.34. The number of carbonyl (C=O) groups is 1. The van der Waals surface area contributed by atoms with Gasteiger partial charge in [0.2, 0.25) is 5.91 Å². The molecule has 0 unspecified atom stereocenters. The molecule has 0 spiro atoms. The first-order valence-electron chi connectivity index (χ1n) is 6.09. The summed E-state index contributed by atoms with van der Waals surface area (Å²) in [6.07, 6.45) is 0.713. The van der Waals surface area contributed by atoms with Crippen molar-refractivity contribution in [3.05, 3.63) is 35.9 Å². The lowest BCUT2D eigenvalue weighted by Gasteiger charge is -2.24. The Morgan fingerprint density at radius 2 is 2.00 bits per heavy atom. The highest BCUT2D eigenvalue weighted by Gasteiger charge is 2.51. The van der Waals surface area contributed by atoms with Crippen LogP contribution in [0.15, 0.2) is 30.3 Å². The number of ether oxygens (including phenoxy) is 1. The Balaban J connectivity index is 1.93. The molecule has 90 valence electrons. The van der Waals surface area contributed by atoms with Crippen molar-refractivity contribution in [2.75, 3.05) is 6.61 Å². The van der Waals surface area contributed by atoms with Crippen LogP contribution in [0, 0.1) is 5.41 Å². The first-order valence-corrected chi connectivity index (χ1v) is 6.09. The fourth-order valence-corrected chi connectivity index (χ4v) is 2.88. The van der Waals surface area contributed by atoms with Crippen LogP contribution in [0.5, 0.6) is 0 Å². The topological polar surface area (TPSA) is 29.5 Å². The van der Waals surface area contributed by atoms with Gasteiger partial charge < -0.3 is 9.64 Å². The van der Waals surface area contributed by atoms with Gasteiger partial charge in [-0.2, -0.15) is 0 Å². The third-order valence-corrected chi connectivity index (χ3v) is 3.74. The second-order valence-electron chi connectivity index (χ2n) is 5.55. The van der Waals surface area contributed by atoms with Crippen molar-refractivity contribution in [3.63, 3.8) is 0 Å². The van der Waals surface area contributed by atoms with E-state index in [2.05, 4.69) is 0 Å². The molecule has 0 radical (unpaired) electrons. The van der Waals surface area contributed by atoms with Crippen LogP contribution in [0.3, 0.4) is 0 Å². The zero-order valence-corrected chi connectivity index (χ0v) is 10.2. The molecular weight excluding hydrogens is 214 g/mol. The maximum atomic E-state index is 12.3. The van der Waals surface area contributed by atoms with Crippen LogP contribution >= 0.6 is 0 Å². The van der Waals surface area contributed by atoms with E-state index in [9.17, 15) is 4.79 Å². The van der Waals surface area contributed by atoms with E-state index in [1.54, 1.807) is 0 Å². The summed E-state index contributed by atoms with van der Waals surface area (Å²) in [5.74, 6) is 0.217. The van der Waals surface area contributed by atoms with Crippen LogP contribution in [-0.2, 0) is 9.53 Å². The summed E-state index contributed by atoms with van der Waals surface area (Å²) < 4.78 is 5.77. The SMILES string of the molecule is CC1(C)C[C@H]2CO[C@H](c3ccccc3)N2C1=O. The van der Waals surface area contributed by atoms with Crippen molar-refractivity contribution in [1.82, 2.24) is 4.90 Å². The van der Waals surface area contributed by atoms with Gasteiger partial charge in [-0.3, -0.25) is 4.79 Å². The molecule has 0 aliphatic carbocycles. The van der Waals surface area contributed by atoms with E-state index in [1.165, 1.54) is 0 Å². The largest absolute Gasteiger partial charge is 0.352 e. The minimum atomic E-state index is -0.235. The maximum Gasteiger partial charge on any atom is 0.230 e. The van der Waals surface area contributed by atoms with Gasteiger partial charge in [-0.25, -0.2) is 0 Å². The van der Waals surface area contributed by atoms with E-state index in [1.807, 2.05) is 49.1 Å². The number of hydrogen-bond donors (Lipinski definition) is 0. The van der Waals surface area contributed by atoms with E-state index in [-0.39, 0.29) is 23.6 Å². The van der Waals surface area contributed by atoms with Crippen molar-refractivity contribution >= 4 is 5.91 Å². The van der Waals surface area contributed by atoms with Gasteiger partial charge in [-0.1, -0.05) is 44.2 Å². The predicted molar refractivity (Wildman–Crippen MR) is 64.2 cm³/mol. The Labute approximate surface area is 101 Å². The fourth-order valence-electron chi connectivity index (χ4n) is 2.88. The summed E-state index contributed by atoms with van der Waals surface area (Å²) in [6.45, 7) is 4.71. The minimum Gasteiger partial charge on any atom is -0.352 e. The van der Waals surface area contributed by atoms with Gasteiger partial charge in [0, 0.05) is 11.0 Å². The molecule has 17 heavy (non-hydrogen) atoms. The minimum absolute atomic E-state index is 0.185. The molecule has 2 fully saturated rings. The van der Waals surface area contributed by atoms with Crippen molar-refractivity contribution in [3.8, 4) is 0 Å². The van der Waals surface area contributed by atoms with E-state index >= 15 is 0 Å². The molecular formula is C14H17NO2. The maximum absolute atomic E-state index is 12.3. The molecule has 1 amide bonds. The van der Waals surface area contributed by atoms with Crippen LogP contribution in [0.2, 0.25) is 0 Å². The van der Waals surface area contributed by atoms with Gasteiger partial charge in [0.15, 0.2) is 6.23 Å². The molecule has 3 rings (SSSR count). The number of hydrogen-bond acceptors (Lipinski definition) is 2. The molecule has 2 aliphatic rings. The molecule has 2 saturated heterocycles.